The van der Waals surface area contributed by atoms with Crippen LogP contribution in [-0.4, -0.2) is 35.2 Å². The largest absolute Gasteiger partial charge is 0.497 e. The van der Waals surface area contributed by atoms with E-state index in [4.69, 9.17) is 14.2 Å². The van der Waals surface area contributed by atoms with Crippen molar-refractivity contribution in [1.29, 1.82) is 5.26 Å². The maximum absolute atomic E-state index is 13.6. The van der Waals surface area contributed by atoms with Crippen LogP contribution < -0.4 is 18.5 Å². The third-order valence-corrected chi connectivity index (χ3v) is 6.93. The average Bonchev–Trinajstić information content (AvgIpc) is 2.88. The molecular weight excluding hydrogens is 480 g/mol. The Kier molecular flexibility index (Phi) is 8.35. The van der Waals surface area contributed by atoms with Crippen molar-refractivity contribution in [3.63, 3.8) is 0 Å². The number of nitriles is 1. The maximum atomic E-state index is 13.6. The van der Waals surface area contributed by atoms with E-state index < -0.39 is 15.9 Å². The molecule has 0 unspecified atom stereocenters. The fourth-order valence-corrected chi connectivity index (χ4v) is 4.77. The van der Waals surface area contributed by atoms with Gasteiger partial charge in [-0.3, -0.25) is 4.79 Å². The number of nitrogens with zero attached hydrogens (tertiary/aromatic N) is 2. The zero-order chi connectivity index (χ0) is 26.3. The number of benzene rings is 3. The molecule has 0 fully saturated rings. The molecule has 186 valence electrons. The Morgan fingerprint density at radius 1 is 0.972 bits per heavy atom. The lowest BCUT2D eigenvalue weighted by Gasteiger charge is -2.22. The zero-order valence-electron chi connectivity index (χ0n) is 20.4. The maximum Gasteiger partial charge on any atom is 0.282 e. The molecule has 0 aromatic heterocycles. The number of carbonyl (C=O) groups is 1. The van der Waals surface area contributed by atoms with Gasteiger partial charge in [-0.2, -0.15) is 9.57 Å². The van der Waals surface area contributed by atoms with Crippen LogP contribution in [-0.2, 0) is 14.8 Å². The summed E-state index contributed by atoms with van der Waals surface area (Å²) in [6.45, 7) is 4.09. The summed E-state index contributed by atoms with van der Waals surface area (Å²) >= 11 is 0. The minimum absolute atomic E-state index is 0.0619. The Hall–Kier alpha value is -4.29. The van der Waals surface area contributed by atoms with Crippen molar-refractivity contribution in [2.24, 2.45) is 0 Å². The third-order valence-electron chi connectivity index (χ3n) is 5.20. The Bertz CT molecular complexity index is 1410. The second-order valence-corrected chi connectivity index (χ2v) is 9.39. The molecule has 0 aliphatic rings. The monoisotopic (exact) mass is 506 g/mol. The Balaban J connectivity index is 2.12. The lowest BCUT2D eigenvalue weighted by molar-refractivity contribution is -0.113. The first-order valence-electron chi connectivity index (χ1n) is 11.0. The van der Waals surface area contributed by atoms with E-state index in [0.29, 0.717) is 33.7 Å². The molecule has 1 amide bonds. The van der Waals surface area contributed by atoms with Crippen molar-refractivity contribution in [3.05, 3.63) is 83.4 Å². The van der Waals surface area contributed by atoms with Crippen LogP contribution in [0.1, 0.15) is 18.1 Å². The molecule has 36 heavy (non-hydrogen) atoms. The molecule has 3 aromatic carbocycles. The number of carbonyl (C=O) groups excluding carboxylic acids is 1. The van der Waals surface area contributed by atoms with Crippen molar-refractivity contribution in [1.82, 2.24) is 0 Å². The fourth-order valence-electron chi connectivity index (χ4n) is 3.37. The molecule has 0 aliphatic carbocycles. The van der Waals surface area contributed by atoms with Crippen LogP contribution >= 0.6 is 0 Å². The van der Waals surface area contributed by atoms with Crippen molar-refractivity contribution < 1.29 is 27.4 Å². The topological polar surface area (TPSA) is 106 Å². The molecule has 0 radical (unpaired) electrons. The molecule has 0 atom stereocenters. The second-order valence-electron chi connectivity index (χ2n) is 7.60. The quantitative estimate of drug-likeness (QED) is 0.305. The highest BCUT2D eigenvalue weighted by Gasteiger charge is 2.33. The highest BCUT2D eigenvalue weighted by Crippen LogP contribution is 2.31. The number of hydrogen-bond donors (Lipinski definition) is 0. The SMILES string of the molecule is CCOc1ccc(/C=C(\C#N)C(=O)N(c2ccc(OC)cc2)S(=O)(=O)c2ccc(C)cc2)cc1OC. The molecule has 8 nitrogen and oxygen atoms in total. The van der Waals surface area contributed by atoms with Gasteiger partial charge in [0.15, 0.2) is 11.5 Å². The Morgan fingerprint density at radius 3 is 2.19 bits per heavy atom. The van der Waals surface area contributed by atoms with E-state index in [2.05, 4.69) is 0 Å². The van der Waals surface area contributed by atoms with Gasteiger partial charge < -0.3 is 14.2 Å². The second kappa shape index (κ2) is 11.4. The molecule has 3 aromatic rings. The highest BCUT2D eigenvalue weighted by molar-refractivity contribution is 7.93. The highest BCUT2D eigenvalue weighted by atomic mass is 32.2. The van der Waals surface area contributed by atoms with Gasteiger partial charge in [-0.1, -0.05) is 23.8 Å². The number of anilines is 1. The third kappa shape index (κ3) is 5.67. The predicted octanol–water partition coefficient (Wildman–Crippen LogP) is 4.74. The van der Waals surface area contributed by atoms with Crippen LogP contribution in [0, 0.1) is 18.3 Å². The fraction of sp³-hybridized carbons (Fsp3) is 0.185. The van der Waals surface area contributed by atoms with Crippen molar-refractivity contribution in [2.45, 2.75) is 18.7 Å². The molecule has 9 heteroatoms. The van der Waals surface area contributed by atoms with Crippen LogP contribution in [0.2, 0.25) is 0 Å². The molecule has 0 heterocycles. The zero-order valence-corrected chi connectivity index (χ0v) is 21.2. The minimum atomic E-state index is -4.36. The normalized spacial score (nSPS) is 11.4. The summed E-state index contributed by atoms with van der Waals surface area (Å²) < 4.78 is 43.9. The van der Waals surface area contributed by atoms with Gasteiger partial charge in [-0.05, 0) is 74.0 Å². The number of sulfonamides is 1. The van der Waals surface area contributed by atoms with Crippen LogP contribution in [0.25, 0.3) is 6.08 Å². The van der Waals surface area contributed by atoms with Crippen LogP contribution in [0.15, 0.2) is 77.2 Å². The van der Waals surface area contributed by atoms with Crippen LogP contribution in [0.4, 0.5) is 5.69 Å². The van der Waals surface area contributed by atoms with E-state index in [0.717, 1.165) is 5.56 Å². The number of hydrogen-bond acceptors (Lipinski definition) is 7. The van der Waals surface area contributed by atoms with Gasteiger partial charge in [0.05, 0.1) is 31.4 Å². The molecule has 0 saturated heterocycles. The van der Waals surface area contributed by atoms with Gasteiger partial charge in [0.2, 0.25) is 0 Å². The van der Waals surface area contributed by atoms with E-state index in [1.54, 1.807) is 30.3 Å². The van der Waals surface area contributed by atoms with Gasteiger partial charge in [0.25, 0.3) is 15.9 Å². The van der Waals surface area contributed by atoms with E-state index in [1.807, 2.05) is 19.9 Å². The summed E-state index contributed by atoms with van der Waals surface area (Å²) in [6, 6.07) is 18.8. The molecule has 0 spiro atoms. The summed E-state index contributed by atoms with van der Waals surface area (Å²) in [6.07, 6.45) is 1.31. The lowest BCUT2D eigenvalue weighted by atomic mass is 10.1. The van der Waals surface area contributed by atoms with Crippen molar-refractivity contribution >= 4 is 27.7 Å². The van der Waals surface area contributed by atoms with E-state index in [1.165, 1.54) is 56.7 Å². The van der Waals surface area contributed by atoms with E-state index in [9.17, 15) is 18.5 Å². The predicted molar refractivity (Wildman–Crippen MR) is 137 cm³/mol. The molecule has 0 saturated carbocycles. The van der Waals surface area contributed by atoms with Gasteiger partial charge in [0, 0.05) is 0 Å². The molecule has 0 N–H and O–H groups in total. The van der Waals surface area contributed by atoms with E-state index >= 15 is 0 Å². The van der Waals surface area contributed by atoms with Crippen LogP contribution in [0.3, 0.4) is 0 Å². The first kappa shape index (κ1) is 26.3. The van der Waals surface area contributed by atoms with Crippen molar-refractivity contribution in [3.8, 4) is 23.3 Å². The van der Waals surface area contributed by atoms with E-state index in [-0.39, 0.29) is 16.2 Å². The summed E-state index contributed by atoms with van der Waals surface area (Å²) in [7, 11) is -1.41. The number of rotatable bonds is 9. The van der Waals surface area contributed by atoms with Gasteiger partial charge in [0.1, 0.15) is 17.4 Å². The standard InChI is InChI=1S/C27H26N2O6S/c1-5-35-25-15-8-20(17-26(25)34-4)16-21(18-28)27(30)29(22-9-11-23(33-3)12-10-22)36(31,32)24-13-6-19(2)7-14-24/h6-17H,5H2,1-4H3/b21-16+. The number of amides is 1. The summed E-state index contributed by atoms with van der Waals surface area (Å²) in [4.78, 5) is 13.5. The molecule has 0 bridgehead atoms. The molecule has 0 aliphatic heterocycles. The minimum Gasteiger partial charge on any atom is -0.497 e. The number of methoxy groups -OCH3 is 2. The molecular formula is C27H26N2O6S. The smallest absolute Gasteiger partial charge is 0.282 e. The summed E-state index contributed by atoms with van der Waals surface area (Å²) in [5.41, 5.74) is 1.00. The first-order valence-corrected chi connectivity index (χ1v) is 12.4. The summed E-state index contributed by atoms with van der Waals surface area (Å²) in [5.74, 6) is 0.394. The Morgan fingerprint density at radius 2 is 1.64 bits per heavy atom. The average molecular weight is 507 g/mol. The molecule has 3 rings (SSSR count). The Labute approximate surface area is 211 Å². The lowest BCUT2D eigenvalue weighted by Crippen LogP contribution is -2.37. The first-order chi connectivity index (χ1) is 17.2. The number of aryl methyl sites for hydroxylation is 1. The van der Waals surface area contributed by atoms with Gasteiger partial charge in [-0.25, -0.2) is 8.42 Å². The van der Waals surface area contributed by atoms with Gasteiger partial charge >= 0.3 is 0 Å². The van der Waals surface area contributed by atoms with Crippen molar-refractivity contribution in [2.75, 3.05) is 25.1 Å². The summed E-state index contributed by atoms with van der Waals surface area (Å²) in [5, 5.41) is 9.84. The van der Waals surface area contributed by atoms with Gasteiger partial charge in [-0.15, -0.1) is 0 Å². The number of ether oxygens (including phenoxy) is 3. The van der Waals surface area contributed by atoms with Crippen LogP contribution in [0.5, 0.6) is 17.2 Å².